The number of hydrogen-bond donors (Lipinski definition) is 0. The van der Waals surface area contributed by atoms with Crippen LogP contribution < -0.4 is 0 Å². The maximum atomic E-state index is 12.5. The third kappa shape index (κ3) is 3.85. The molecule has 0 bridgehead atoms. The number of Topliss-reactive ketones (excluding diaryl/α,β-unsaturated/α-hetero) is 1. The van der Waals surface area contributed by atoms with Gasteiger partial charge in [0.15, 0.2) is 0 Å². The lowest BCUT2D eigenvalue weighted by Crippen LogP contribution is -2.44. The standard InChI is InChI=1S/C15H16F3NO3/c1-22-14(21)12-9-19(7-6-13(12)20)8-10-2-4-11(5-3-10)15(16,17)18/h2-5,12H,6-9H2,1H3. The van der Waals surface area contributed by atoms with Crippen molar-refractivity contribution in [1.29, 1.82) is 0 Å². The summed E-state index contributed by atoms with van der Waals surface area (Å²) in [5.41, 5.74) is 0.00322. The Morgan fingerprint density at radius 1 is 1.32 bits per heavy atom. The van der Waals surface area contributed by atoms with Crippen molar-refractivity contribution in [2.45, 2.75) is 19.1 Å². The van der Waals surface area contributed by atoms with Gasteiger partial charge in [0.05, 0.1) is 12.7 Å². The largest absolute Gasteiger partial charge is 0.468 e. The van der Waals surface area contributed by atoms with Gasteiger partial charge < -0.3 is 4.74 Å². The molecule has 1 aliphatic heterocycles. The second-order valence-electron chi connectivity index (χ2n) is 5.22. The molecule has 1 unspecified atom stereocenters. The molecule has 0 spiro atoms. The van der Waals surface area contributed by atoms with Crippen molar-refractivity contribution < 1.29 is 27.5 Å². The minimum atomic E-state index is -4.36. The molecule has 2 rings (SSSR count). The molecular formula is C15H16F3NO3. The smallest absolute Gasteiger partial charge is 0.416 e. The molecule has 0 aliphatic carbocycles. The molecule has 1 aromatic rings. The van der Waals surface area contributed by atoms with Gasteiger partial charge in [-0.15, -0.1) is 0 Å². The van der Waals surface area contributed by atoms with Crippen LogP contribution in [0.3, 0.4) is 0 Å². The summed E-state index contributed by atoms with van der Waals surface area (Å²) in [7, 11) is 1.23. The van der Waals surface area contributed by atoms with Crippen LogP contribution in [-0.2, 0) is 27.0 Å². The summed E-state index contributed by atoms with van der Waals surface area (Å²) in [5.74, 6) is -1.54. The lowest BCUT2D eigenvalue weighted by Gasteiger charge is -2.30. The van der Waals surface area contributed by atoms with Crippen LogP contribution in [0.25, 0.3) is 0 Å². The summed E-state index contributed by atoms with van der Waals surface area (Å²) in [4.78, 5) is 25.1. The summed E-state index contributed by atoms with van der Waals surface area (Å²) in [6.45, 7) is 1.10. The molecule has 1 aromatic carbocycles. The Morgan fingerprint density at radius 2 is 1.95 bits per heavy atom. The molecule has 1 heterocycles. The number of benzene rings is 1. The Balaban J connectivity index is 2.01. The van der Waals surface area contributed by atoms with Crippen molar-refractivity contribution in [3.8, 4) is 0 Å². The highest BCUT2D eigenvalue weighted by molar-refractivity contribution is 5.99. The number of alkyl halides is 3. The molecule has 0 radical (unpaired) electrons. The highest BCUT2D eigenvalue weighted by Crippen LogP contribution is 2.29. The third-order valence-electron chi connectivity index (χ3n) is 3.68. The van der Waals surface area contributed by atoms with Crippen molar-refractivity contribution in [2.24, 2.45) is 5.92 Å². The van der Waals surface area contributed by atoms with Gasteiger partial charge in [-0.2, -0.15) is 13.2 Å². The summed E-state index contributed by atoms with van der Waals surface area (Å²) in [5, 5.41) is 0. The van der Waals surface area contributed by atoms with E-state index < -0.39 is 23.6 Å². The van der Waals surface area contributed by atoms with Gasteiger partial charge in [-0.25, -0.2) is 0 Å². The molecule has 120 valence electrons. The number of ether oxygens (including phenoxy) is 1. The number of esters is 1. The Morgan fingerprint density at radius 3 is 2.50 bits per heavy atom. The Labute approximate surface area is 125 Å². The van der Waals surface area contributed by atoms with Crippen LogP contribution >= 0.6 is 0 Å². The lowest BCUT2D eigenvalue weighted by atomic mass is 9.96. The van der Waals surface area contributed by atoms with Gasteiger partial charge in [0.25, 0.3) is 0 Å². The molecule has 1 saturated heterocycles. The van der Waals surface area contributed by atoms with Crippen LogP contribution in [0.1, 0.15) is 17.5 Å². The number of carbonyl (C=O) groups excluding carboxylic acids is 2. The van der Waals surface area contributed by atoms with E-state index in [1.54, 1.807) is 0 Å². The maximum Gasteiger partial charge on any atom is 0.416 e. The van der Waals surface area contributed by atoms with Gasteiger partial charge in [-0.1, -0.05) is 12.1 Å². The van der Waals surface area contributed by atoms with E-state index in [9.17, 15) is 22.8 Å². The van der Waals surface area contributed by atoms with Crippen molar-refractivity contribution in [1.82, 2.24) is 4.90 Å². The van der Waals surface area contributed by atoms with E-state index in [4.69, 9.17) is 0 Å². The average Bonchev–Trinajstić information content (AvgIpc) is 2.48. The minimum Gasteiger partial charge on any atom is -0.468 e. The van der Waals surface area contributed by atoms with Gasteiger partial charge in [0.2, 0.25) is 0 Å². The van der Waals surface area contributed by atoms with Crippen LogP contribution in [0.15, 0.2) is 24.3 Å². The fraction of sp³-hybridized carbons (Fsp3) is 0.467. The molecule has 4 nitrogen and oxygen atoms in total. The zero-order valence-corrected chi connectivity index (χ0v) is 12.0. The molecule has 22 heavy (non-hydrogen) atoms. The number of halogens is 3. The molecular weight excluding hydrogens is 299 g/mol. The fourth-order valence-electron chi connectivity index (χ4n) is 2.44. The third-order valence-corrected chi connectivity index (χ3v) is 3.68. The van der Waals surface area contributed by atoms with Crippen LogP contribution in [0.5, 0.6) is 0 Å². The van der Waals surface area contributed by atoms with Crippen LogP contribution in [0.4, 0.5) is 13.2 Å². The molecule has 1 aliphatic rings. The number of methoxy groups -OCH3 is 1. The first-order valence-corrected chi connectivity index (χ1v) is 6.80. The molecule has 1 atom stereocenters. The number of rotatable bonds is 3. The van der Waals surface area contributed by atoms with Crippen molar-refractivity contribution in [3.05, 3.63) is 35.4 Å². The molecule has 7 heteroatoms. The monoisotopic (exact) mass is 315 g/mol. The first kappa shape index (κ1) is 16.5. The number of hydrogen-bond acceptors (Lipinski definition) is 4. The summed E-state index contributed by atoms with van der Waals surface area (Å²) >= 11 is 0. The quantitative estimate of drug-likeness (QED) is 0.634. The van der Waals surface area contributed by atoms with E-state index in [2.05, 4.69) is 4.74 Å². The number of likely N-dealkylation sites (tertiary alicyclic amines) is 1. The molecule has 0 N–H and O–H groups in total. The van der Waals surface area contributed by atoms with Gasteiger partial charge >= 0.3 is 12.1 Å². The number of carbonyl (C=O) groups is 2. The Kier molecular flexibility index (Phi) is 4.85. The van der Waals surface area contributed by atoms with Gasteiger partial charge in [-0.05, 0) is 17.7 Å². The minimum absolute atomic E-state index is 0.157. The molecule has 0 amide bonds. The first-order chi connectivity index (χ1) is 10.3. The van der Waals surface area contributed by atoms with Gasteiger partial charge in [0.1, 0.15) is 11.7 Å². The molecule has 0 aromatic heterocycles. The van der Waals surface area contributed by atoms with Gasteiger partial charge in [0, 0.05) is 26.1 Å². The maximum absolute atomic E-state index is 12.5. The van der Waals surface area contributed by atoms with E-state index in [0.29, 0.717) is 18.7 Å². The van der Waals surface area contributed by atoms with Crippen LogP contribution in [0.2, 0.25) is 0 Å². The zero-order chi connectivity index (χ0) is 16.3. The van der Waals surface area contributed by atoms with Gasteiger partial charge in [-0.3, -0.25) is 14.5 Å². The van der Waals surface area contributed by atoms with E-state index >= 15 is 0 Å². The van der Waals surface area contributed by atoms with E-state index in [0.717, 1.165) is 12.1 Å². The van der Waals surface area contributed by atoms with E-state index in [1.165, 1.54) is 19.2 Å². The van der Waals surface area contributed by atoms with Crippen molar-refractivity contribution >= 4 is 11.8 Å². The molecule has 0 saturated carbocycles. The fourth-order valence-corrected chi connectivity index (χ4v) is 2.44. The van der Waals surface area contributed by atoms with Crippen molar-refractivity contribution in [3.63, 3.8) is 0 Å². The summed E-state index contributed by atoms with van der Waals surface area (Å²) < 4.78 is 42.1. The van der Waals surface area contributed by atoms with E-state index in [-0.39, 0.29) is 18.7 Å². The normalized spacial score (nSPS) is 20.0. The molecule has 1 fully saturated rings. The second-order valence-corrected chi connectivity index (χ2v) is 5.22. The predicted octanol–water partition coefficient (Wildman–Crippen LogP) is 2.27. The highest BCUT2D eigenvalue weighted by Gasteiger charge is 2.34. The predicted molar refractivity (Wildman–Crippen MR) is 71.9 cm³/mol. The summed E-state index contributed by atoms with van der Waals surface area (Å²) in [6.07, 6.45) is -4.12. The first-order valence-electron chi connectivity index (χ1n) is 6.80. The Bertz CT molecular complexity index is 546. The average molecular weight is 315 g/mol. The Hall–Kier alpha value is -1.89. The topological polar surface area (TPSA) is 46.6 Å². The van der Waals surface area contributed by atoms with Crippen LogP contribution in [0, 0.1) is 5.92 Å². The lowest BCUT2D eigenvalue weighted by molar-refractivity contribution is -0.152. The number of nitrogens with zero attached hydrogens (tertiary/aromatic N) is 1. The highest BCUT2D eigenvalue weighted by atomic mass is 19.4. The summed E-state index contributed by atoms with van der Waals surface area (Å²) in [6, 6.07) is 4.88. The second kappa shape index (κ2) is 6.48. The SMILES string of the molecule is COC(=O)C1CN(Cc2ccc(C(F)(F)F)cc2)CCC1=O. The zero-order valence-electron chi connectivity index (χ0n) is 12.0. The number of piperidine rings is 1. The van der Waals surface area contributed by atoms with Crippen molar-refractivity contribution in [2.75, 3.05) is 20.2 Å². The van der Waals surface area contributed by atoms with Crippen LogP contribution in [-0.4, -0.2) is 36.9 Å². The van der Waals surface area contributed by atoms with E-state index in [1.807, 2.05) is 4.90 Å². The number of ketones is 1.